The number of aliphatic carboxylic acids is 2. The molecule has 0 saturated carbocycles. The minimum atomic E-state index is -1.72. The minimum Gasteiger partial charge on any atom is -0.481 e. The lowest BCUT2D eigenvalue weighted by atomic mass is 9.93. The molecular formula is C19H21N3O7. The Balaban J connectivity index is 2.27. The molecule has 0 aliphatic heterocycles. The summed E-state index contributed by atoms with van der Waals surface area (Å²) >= 11 is 0. The monoisotopic (exact) mass is 403 g/mol. The van der Waals surface area contributed by atoms with Crippen LogP contribution in [0, 0.1) is 5.92 Å². The van der Waals surface area contributed by atoms with E-state index in [1.54, 1.807) is 30.3 Å². The van der Waals surface area contributed by atoms with E-state index >= 15 is 0 Å². The number of aryl methyl sites for hydroxylation is 1. The molecule has 1 amide bonds. The van der Waals surface area contributed by atoms with Crippen molar-refractivity contribution in [3.05, 3.63) is 36.0 Å². The van der Waals surface area contributed by atoms with Crippen molar-refractivity contribution in [2.45, 2.75) is 32.0 Å². The smallest absolute Gasteiger partial charge is 0.321 e. The van der Waals surface area contributed by atoms with E-state index in [0.29, 0.717) is 10.9 Å². The number of fused-ring (bicyclic) bond motifs is 1. The first kappa shape index (κ1) is 21.8. The van der Waals surface area contributed by atoms with E-state index in [-0.39, 0.29) is 24.9 Å². The van der Waals surface area contributed by atoms with E-state index in [9.17, 15) is 24.0 Å². The Hall–Kier alpha value is -3.53. The topological polar surface area (TPSA) is 169 Å². The third-order valence-electron chi connectivity index (χ3n) is 4.51. The predicted molar refractivity (Wildman–Crippen MR) is 101 cm³/mol. The van der Waals surface area contributed by atoms with E-state index in [2.05, 4.69) is 5.32 Å². The van der Waals surface area contributed by atoms with Gasteiger partial charge in [0.05, 0.1) is 12.5 Å². The van der Waals surface area contributed by atoms with Gasteiger partial charge in [0.25, 0.3) is 5.91 Å². The summed E-state index contributed by atoms with van der Waals surface area (Å²) in [6.07, 6.45) is -0.0677. The Bertz CT molecular complexity index is 966. The van der Waals surface area contributed by atoms with Crippen molar-refractivity contribution in [3.8, 4) is 0 Å². The maximum Gasteiger partial charge on any atom is 0.321 e. The molecule has 3 atom stereocenters. The lowest BCUT2D eigenvalue weighted by molar-refractivity contribution is -0.144. The molecule has 0 spiro atoms. The highest BCUT2D eigenvalue weighted by atomic mass is 16.4. The van der Waals surface area contributed by atoms with Gasteiger partial charge in [0.15, 0.2) is 5.78 Å². The molecule has 1 unspecified atom stereocenters. The van der Waals surface area contributed by atoms with Gasteiger partial charge in [0.2, 0.25) is 0 Å². The summed E-state index contributed by atoms with van der Waals surface area (Å²) in [6.45, 7) is 1.35. The molecule has 154 valence electrons. The molecule has 29 heavy (non-hydrogen) atoms. The first-order valence-corrected chi connectivity index (χ1v) is 8.75. The van der Waals surface area contributed by atoms with Crippen molar-refractivity contribution in [1.82, 2.24) is 9.88 Å². The van der Waals surface area contributed by atoms with E-state index in [1.807, 2.05) is 0 Å². The van der Waals surface area contributed by atoms with E-state index < -0.39 is 41.6 Å². The Kier molecular flexibility index (Phi) is 6.84. The Labute approximate surface area is 165 Å². The van der Waals surface area contributed by atoms with Gasteiger partial charge >= 0.3 is 11.9 Å². The number of nitrogens with zero attached hydrogens (tertiary/aromatic N) is 1. The van der Waals surface area contributed by atoms with Gasteiger partial charge in [0.1, 0.15) is 23.9 Å². The number of aromatic nitrogens is 1. The summed E-state index contributed by atoms with van der Waals surface area (Å²) in [5.74, 6) is -5.66. The van der Waals surface area contributed by atoms with Crippen LogP contribution in [0.2, 0.25) is 0 Å². The molecule has 10 nitrogen and oxygen atoms in total. The number of hydrogen-bond donors (Lipinski definition) is 4. The SMILES string of the molecule is C[C@H](NC(=O)c1cc2ccccc2n1CCC(=O)O)C(=O)[C@H](C=O)C(N)C(=O)O. The summed E-state index contributed by atoms with van der Waals surface area (Å²) in [4.78, 5) is 58.2. The Morgan fingerprint density at radius 2 is 1.86 bits per heavy atom. The van der Waals surface area contributed by atoms with Gasteiger partial charge in [-0.2, -0.15) is 0 Å². The zero-order chi connectivity index (χ0) is 21.7. The van der Waals surface area contributed by atoms with Crippen LogP contribution >= 0.6 is 0 Å². The van der Waals surface area contributed by atoms with E-state index in [4.69, 9.17) is 15.9 Å². The number of rotatable bonds is 10. The predicted octanol–water partition coefficient (Wildman–Crippen LogP) is 0.0304. The number of nitrogens with one attached hydrogen (secondary N) is 1. The number of amides is 1. The zero-order valence-electron chi connectivity index (χ0n) is 15.6. The highest BCUT2D eigenvalue weighted by Gasteiger charge is 2.34. The van der Waals surface area contributed by atoms with Gasteiger partial charge < -0.3 is 30.6 Å². The number of Topliss-reactive ketones (excluding diaryl/α,β-unsaturated/α-hetero) is 1. The maximum absolute atomic E-state index is 12.7. The van der Waals surface area contributed by atoms with Gasteiger partial charge in [-0.3, -0.25) is 19.2 Å². The van der Waals surface area contributed by atoms with Gasteiger partial charge in [-0.15, -0.1) is 0 Å². The Morgan fingerprint density at radius 3 is 2.45 bits per heavy atom. The number of benzene rings is 1. The molecule has 10 heteroatoms. The number of nitrogens with two attached hydrogens (primary N) is 1. The lowest BCUT2D eigenvalue weighted by Crippen LogP contribution is -2.50. The average Bonchev–Trinajstić information content (AvgIpc) is 3.05. The molecule has 0 radical (unpaired) electrons. The molecule has 2 rings (SSSR count). The molecule has 1 aromatic heterocycles. The number of carbonyl (C=O) groups is 5. The molecule has 5 N–H and O–H groups in total. The van der Waals surface area contributed by atoms with Crippen LogP contribution in [0.1, 0.15) is 23.8 Å². The van der Waals surface area contributed by atoms with Crippen molar-refractivity contribution in [1.29, 1.82) is 0 Å². The third kappa shape index (κ3) is 4.85. The zero-order valence-corrected chi connectivity index (χ0v) is 15.6. The third-order valence-corrected chi connectivity index (χ3v) is 4.51. The second kappa shape index (κ2) is 9.11. The highest BCUT2D eigenvalue weighted by molar-refractivity contribution is 6.05. The fraction of sp³-hybridized carbons (Fsp3) is 0.316. The summed E-state index contributed by atoms with van der Waals surface area (Å²) in [5.41, 5.74) is 6.16. The minimum absolute atomic E-state index is 0.0365. The number of ketones is 1. The van der Waals surface area contributed by atoms with Crippen molar-refractivity contribution >= 4 is 40.8 Å². The number of aldehydes is 1. The van der Waals surface area contributed by atoms with Gasteiger partial charge in [-0.05, 0) is 19.1 Å². The van der Waals surface area contributed by atoms with Gasteiger partial charge in [-0.25, -0.2) is 0 Å². The van der Waals surface area contributed by atoms with E-state index in [0.717, 1.165) is 0 Å². The molecule has 0 bridgehead atoms. The number of carbonyl (C=O) groups excluding carboxylic acids is 3. The highest BCUT2D eigenvalue weighted by Crippen LogP contribution is 2.20. The van der Waals surface area contributed by atoms with E-state index in [1.165, 1.54) is 11.5 Å². The van der Waals surface area contributed by atoms with Crippen LogP contribution < -0.4 is 11.1 Å². The number of hydrogen-bond acceptors (Lipinski definition) is 6. The fourth-order valence-corrected chi connectivity index (χ4v) is 2.96. The number of carboxylic acid groups (broad SMARTS) is 2. The second-order valence-corrected chi connectivity index (χ2v) is 6.51. The normalized spacial score (nSPS) is 14.0. The standard InChI is InChI=1S/C19H21N3O7/c1-10(17(26)12(9-23)16(20)19(28)29)21-18(27)14-8-11-4-2-3-5-13(11)22(14)7-6-15(24)25/h2-5,8-10,12,16H,6-7,20H2,1H3,(H,21,27)(H,24,25)(H,28,29)/t10-,12+,16?/m0/s1. The van der Waals surface area contributed by atoms with Crippen molar-refractivity contribution < 1.29 is 34.2 Å². The van der Waals surface area contributed by atoms with Crippen LogP contribution in [0.3, 0.4) is 0 Å². The summed E-state index contributed by atoms with van der Waals surface area (Å²) in [7, 11) is 0. The van der Waals surface area contributed by atoms with Crippen LogP contribution in [0.25, 0.3) is 10.9 Å². The van der Waals surface area contributed by atoms with Crippen LogP contribution in [0.5, 0.6) is 0 Å². The second-order valence-electron chi connectivity index (χ2n) is 6.51. The molecule has 0 aliphatic rings. The number of para-hydroxylation sites is 1. The first-order chi connectivity index (χ1) is 13.7. The molecule has 2 aromatic rings. The quantitative estimate of drug-likeness (QED) is 0.318. The molecule has 0 aliphatic carbocycles. The van der Waals surface area contributed by atoms with Crippen molar-refractivity contribution in [3.63, 3.8) is 0 Å². The summed E-state index contributed by atoms with van der Waals surface area (Å²) in [5, 5.41) is 21.0. The van der Waals surface area contributed by atoms with Crippen LogP contribution in [0.15, 0.2) is 30.3 Å². The number of carboxylic acids is 2. The Morgan fingerprint density at radius 1 is 1.21 bits per heavy atom. The molecule has 1 heterocycles. The average molecular weight is 403 g/mol. The molecule has 1 aromatic carbocycles. The summed E-state index contributed by atoms with van der Waals surface area (Å²) in [6, 6.07) is 5.65. The van der Waals surface area contributed by atoms with Crippen LogP contribution in [-0.4, -0.2) is 56.8 Å². The first-order valence-electron chi connectivity index (χ1n) is 8.75. The maximum atomic E-state index is 12.7. The van der Waals surface area contributed by atoms with Crippen LogP contribution in [0.4, 0.5) is 0 Å². The fourth-order valence-electron chi connectivity index (χ4n) is 2.96. The van der Waals surface area contributed by atoms with Crippen molar-refractivity contribution in [2.24, 2.45) is 11.7 Å². The largest absolute Gasteiger partial charge is 0.481 e. The molecule has 0 fully saturated rings. The van der Waals surface area contributed by atoms with Crippen LogP contribution in [-0.2, 0) is 25.7 Å². The molecular weight excluding hydrogens is 382 g/mol. The molecule has 0 saturated heterocycles. The van der Waals surface area contributed by atoms with Gasteiger partial charge in [-0.1, -0.05) is 18.2 Å². The summed E-state index contributed by atoms with van der Waals surface area (Å²) < 4.78 is 1.52. The lowest BCUT2D eigenvalue weighted by Gasteiger charge is -2.19. The van der Waals surface area contributed by atoms with Crippen molar-refractivity contribution in [2.75, 3.05) is 0 Å². The van der Waals surface area contributed by atoms with Gasteiger partial charge in [0, 0.05) is 17.4 Å².